The highest BCUT2D eigenvalue weighted by atomic mass is 16.6. The van der Waals surface area contributed by atoms with E-state index in [0.717, 1.165) is 25.8 Å². The molecular formula is C15H27N3O3. The van der Waals surface area contributed by atoms with E-state index in [1.807, 2.05) is 0 Å². The van der Waals surface area contributed by atoms with Gasteiger partial charge in [-0.1, -0.05) is 25.9 Å². The Kier molecular flexibility index (Phi) is 6.60. The fourth-order valence-corrected chi connectivity index (χ4v) is 2.49. The van der Waals surface area contributed by atoms with Crippen molar-refractivity contribution in [3.63, 3.8) is 0 Å². The molecule has 2 heterocycles. The van der Waals surface area contributed by atoms with Crippen LogP contribution in [0.15, 0.2) is 4.52 Å². The van der Waals surface area contributed by atoms with Gasteiger partial charge in [0.25, 0.3) is 0 Å². The SMILES string of the molecule is CCCNC(Cc1nc(C2COCCO2)no1)CC(C)C. The van der Waals surface area contributed by atoms with Gasteiger partial charge in [0.2, 0.25) is 11.7 Å². The van der Waals surface area contributed by atoms with Gasteiger partial charge >= 0.3 is 0 Å². The van der Waals surface area contributed by atoms with Crippen LogP contribution >= 0.6 is 0 Å². The number of aromatic nitrogens is 2. The third-order valence-corrected chi connectivity index (χ3v) is 3.45. The fraction of sp³-hybridized carbons (Fsp3) is 0.867. The van der Waals surface area contributed by atoms with E-state index < -0.39 is 0 Å². The molecule has 1 aromatic heterocycles. The topological polar surface area (TPSA) is 69.4 Å². The van der Waals surface area contributed by atoms with Crippen molar-refractivity contribution in [2.75, 3.05) is 26.4 Å². The van der Waals surface area contributed by atoms with Crippen LogP contribution < -0.4 is 5.32 Å². The zero-order chi connectivity index (χ0) is 15.1. The van der Waals surface area contributed by atoms with Gasteiger partial charge in [-0.25, -0.2) is 0 Å². The Bertz CT molecular complexity index is 403. The molecule has 1 aromatic rings. The minimum absolute atomic E-state index is 0.191. The lowest BCUT2D eigenvalue weighted by atomic mass is 10.0. The molecule has 0 spiro atoms. The van der Waals surface area contributed by atoms with Crippen molar-refractivity contribution < 1.29 is 14.0 Å². The molecule has 0 aromatic carbocycles. The Labute approximate surface area is 126 Å². The highest BCUT2D eigenvalue weighted by Crippen LogP contribution is 2.18. The van der Waals surface area contributed by atoms with Crippen molar-refractivity contribution in [1.82, 2.24) is 15.5 Å². The van der Waals surface area contributed by atoms with Gasteiger partial charge < -0.3 is 19.3 Å². The molecule has 1 N–H and O–H groups in total. The van der Waals surface area contributed by atoms with Crippen LogP contribution in [-0.2, 0) is 15.9 Å². The molecular weight excluding hydrogens is 270 g/mol. The highest BCUT2D eigenvalue weighted by molar-refractivity contribution is 4.94. The summed E-state index contributed by atoms with van der Waals surface area (Å²) in [4.78, 5) is 4.47. The van der Waals surface area contributed by atoms with Crippen molar-refractivity contribution in [2.45, 2.75) is 52.2 Å². The molecule has 6 nitrogen and oxygen atoms in total. The van der Waals surface area contributed by atoms with Crippen LogP contribution in [0.4, 0.5) is 0 Å². The van der Waals surface area contributed by atoms with E-state index in [4.69, 9.17) is 14.0 Å². The molecule has 1 saturated heterocycles. The van der Waals surface area contributed by atoms with Crippen LogP contribution in [0.3, 0.4) is 0 Å². The number of hydrogen-bond acceptors (Lipinski definition) is 6. The first-order valence-electron chi connectivity index (χ1n) is 7.94. The largest absolute Gasteiger partial charge is 0.376 e. The number of hydrogen-bond donors (Lipinski definition) is 1. The van der Waals surface area contributed by atoms with Crippen molar-refractivity contribution in [1.29, 1.82) is 0 Å². The van der Waals surface area contributed by atoms with Gasteiger partial charge in [-0.3, -0.25) is 0 Å². The number of nitrogens with zero attached hydrogens (tertiary/aromatic N) is 2. The monoisotopic (exact) mass is 297 g/mol. The number of ether oxygens (including phenoxy) is 2. The predicted molar refractivity (Wildman–Crippen MR) is 79.1 cm³/mol. The smallest absolute Gasteiger partial charge is 0.228 e. The molecule has 1 aliphatic heterocycles. The molecule has 0 aliphatic carbocycles. The molecule has 0 bridgehead atoms. The van der Waals surface area contributed by atoms with Crippen LogP contribution in [0.2, 0.25) is 0 Å². The summed E-state index contributed by atoms with van der Waals surface area (Å²) in [5.41, 5.74) is 0. The van der Waals surface area contributed by atoms with E-state index in [1.165, 1.54) is 0 Å². The molecule has 120 valence electrons. The zero-order valence-corrected chi connectivity index (χ0v) is 13.3. The maximum absolute atomic E-state index is 5.59. The Morgan fingerprint density at radius 2 is 2.19 bits per heavy atom. The molecule has 6 heteroatoms. The molecule has 1 fully saturated rings. The summed E-state index contributed by atoms with van der Waals surface area (Å²) in [6.07, 6.45) is 2.79. The van der Waals surface area contributed by atoms with Gasteiger partial charge in [-0.05, 0) is 25.3 Å². The van der Waals surface area contributed by atoms with Crippen molar-refractivity contribution in [3.05, 3.63) is 11.7 Å². The van der Waals surface area contributed by atoms with Crippen molar-refractivity contribution in [2.24, 2.45) is 5.92 Å². The predicted octanol–water partition coefficient (Wildman–Crippen LogP) is 2.11. The van der Waals surface area contributed by atoms with E-state index >= 15 is 0 Å². The summed E-state index contributed by atoms with van der Waals surface area (Å²) in [6, 6.07) is 0.377. The van der Waals surface area contributed by atoms with Crippen LogP contribution in [0.25, 0.3) is 0 Å². The van der Waals surface area contributed by atoms with Gasteiger partial charge in [-0.2, -0.15) is 4.98 Å². The van der Waals surface area contributed by atoms with Gasteiger partial charge in [0.1, 0.15) is 6.10 Å². The first-order valence-corrected chi connectivity index (χ1v) is 7.94. The molecule has 2 atom stereocenters. The summed E-state index contributed by atoms with van der Waals surface area (Å²) in [6.45, 7) is 9.37. The van der Waals surface area contributed by atoms with Crippen LogP contribution in [0.5, 0.6) is 0 Å². The molecule has 1 aliphatic rings. The number of rotatable bonds is 8. The van der Waals surface area contributed by atoms with Crippen LogP contribution in [0.1, 0.15) is 51.4 Å². The zero-order valence-electron chi connectivity index (χ0n) is 13.3. The lowest BCUT2D eigenvalue weighted by molar-refractivity contribution is -0.0941. The molecule has 2 unspecified atom stereocenters. The standard InChI is InChI=1S/C15H27N3O3/c1-4-5-16-12(8-11(2)3)9-14-17-15(18-21-14)13-10-19-6-7-20-13/h11-13,16H,4-10H2,1-3H3. The Hall–Kier alpha value is -0.980. The third kappa shape index (κ3) is 5.37. The second-order valence-corrected chi connectivity index (χ2v) is 5.97. The van der Waals surface area contributed by atoms with Crippen LogP contribution in [-0.4, -0.2) is 42.5 Å². The lowest BCUT2D eigenvalue weighted by Gasteiger charge is -2.20. The molecule has 2 rings (SSSR count). The molecule has 21 heavy (non-hydrogen) atoms. The maximum atomic E-state index is 5.59. The maximum Gasteiger partial charge on any atom is 0.228 e. The highest BCUT2D eigenvalue weighted by Gasteiger charge is 2.23. The number of nitrogens with one attached hydrogen (secondary N) is 1. The Morgan fingerprint density at radius 1 is 1.33 bits per heavy atom. The first-order chi connectivity index (χ1) is 10.2. The normalized spacial score (nSPS) is 20.9. The van der Waals surface area contributed by atoms with Crippen LogP contribution in [0, 0.1) is 5.92 Å². The third-order valence-electron chi connectivity index (χ3n) is 3.45. The Balaban J connectivity index is 1.91. The summed E-state index contributed by atoms with van der Waals surface area (Å²) < 4.78 is 16.3. The van der Waals surface area contributed by atoms with E-state index in [1.54, 1.807) is 0 Å². The Morgan fingerprint density at radius 3 is 2.86 bits per heavy atom. The summed E-state index contributed by atoms with van der Waals surface area (Å²) in [5.74, 6) is 1.91. The van der Waals surface area contributed by atoms with Crippen molar-refractivity contribution >= 4 is 0 Å². The quantitative estimate of drug-likeness (QED) is 0.792. The van der Waals surface area contributed by atoms with Gasteiger partial charge in [-0.15, -0.1) is 0 Å². The van der Waals surface area contributed by atoms with E-state index in [0.29, 0.717) is 43.5 Å². The first kappa shape index (κ1) is 16.4. The molecule has 0 radical (unpaired) electrons. The van der Waals surface area contributed by atoms with E-state index in [-0.39, 0.29) is 6.10 Å². The minimum atomic E-state index is -0.191. The van der Waals surface area contributed by atoms with Gasteiger partial charge in [0, 0.05) is 12.5 Å². The molecule has 0 amide bonds. The second-order valence-electron chi connectivity index (χ2n) is 5.97. The minimum Gasteiger partial charge on any atom is -0.376 e. The average Bonchev–Trinajstić information content (AvgIpc) is 2.93. The van der Waals surface area contributed by atoms with Gasteiger partial charge in [0.05, 0.1) is 19.8 Å². The van der Waals surface area contributed by atoms with E-state index in [9.17, 15) is 0 Å². The summed E-state index contributed by atoms with van der Waals surface area (Å²) in [7, 11) is 0. The second kappa shape index (κ2) is 8.46. The van der Waals surface area contributed by atoms with E-state index in [2.05, 4.69) is 36.2 Å². The summed E-state index contributed by atoms with van der Waals surface area (Å²) in [5, 5.41) is 7.59. The summed E-state index contributed by atoms with van der Waals surface area (Å²) >= 11 is 0. The van der Waals surface area contributed by atoms with Crippen molar-refractivity contribution in [3.8, 4) is 0 Å². The fourth-order valence-electron chi connectivity index (χ4n) is 2.49. The van der Waals surface area contributed by atoms with Gasteiger partial charge in [0.15, 0.2) is 0 Å². The average molecular weight is 297 g/mol. The lowest BCUT2D eigenvalue weighted by Crippen LogP contribution is -2.33. The molecule has 0 saturated carbocycles.